The molecule has 1 aliphatic heterocycles. The minimum Gasteiger partial charge on any atom is -0.480 e. The number of carbonyl (C=O) groups excluding carboxylic acids is 1. The molecular formula is C11H7F4NO3. The van der Waals surface area contributed by atoms with E-state index in [-0.39, 0.29) is 22.6 Å². The number of carbonyl (C=O) groups is 2. The zero-order valence-corrected chi connectivity index (χ0v) is 9.24. The van der Waals surface area contributed by atoms with Gasteiger partial charge in [-0.15, -0.1) is 0 Å². The molecule has 0 saturated heterocycles. The van der Waals surface area contributed by atoms with Gasteiger partial charge in [0, 0.05) is 6.42 Å². The van der Waals surface area contributed by atoms with Crippen molar-refractivity contribution in [3.05, 3.63) is 29.6 Å². The van der Waals surface area contributed by atoms with Gasteiger partial charge >= 0.3 is 18.1 Å². The number of halogens is 4. The Morgan fingerprint density at radius 3 is 2.47 bits per heavy atom. The molecule has 1 amide bonds. The van der Waals surface area contributed by atoms with Gasteiger partial charge in [0.05, 0.1) is 5.69 Å². The summed E-state index contributed by atoms with van der Waals surface area (Å²) in [7, 11) is 0. The Kier molecular flexibility index (Phi) is 2.95. The summed E-state index contributed by atoms with van der Waals surface area (Å²) in [6.45, 7) is 0. The zero-order chi connectivity index (χ0) is 14.4. The van der Waals surface area contributed by atoms with E-state index >= 15 is 0 Å². The fraction of sp³-hybridized carbons (Fsp3) is 0.273. The Morgan fingerprint density at radius 1 is 1.32 bits per heavy atom. The van der Waals surface area contributed by atoms with Gasteiger partial charge in [-0.1, -0.05) is 6.07 Å². The van der Waals surface area contributed by atoms with Crippen LogP contribution in [0.25, 0.3) is 0 Å². The summed E-state index contributed by atoms with van der Waals surface area (Å²) in [5, 5.41) is 8.88. The van der Waals surface area contributed by atoms with E-state index in [0.717, 1.165) is 12.1 Å². The fourth-order valence-electron chi connectivity index (χ4n) is 1.99. The monoisotopic (exact) mass is 277 g/mol. The topological polar surface area (TPSA) is 57.6 Å². The summed E-state index contributed by atoms with van der Waals surface area (Å²) in [6, 6.07) is 1.22. The third-order valence-corrected chi connectivity index (χ3v) is 2.78. The van der Waals surface area contributed by atoms with E-state index < -0.39 is 29.9 Å². The van der Waals surface area contributed by atoms with Gasteiger partial charge in [0.1, 0.15) is 11.9 Å². The maximum Gasteiger partial charge on any atom is 0.471 e. The molecular weight excluding hydrogens is 270 g/mol. The number of nitrogens with zero attached hydrogens (tertiary/aromatic N) is 1. The lowest BCUT2D eigenvalue weighted by Gasteiger charge is -2.23. The molecule has 1 heterocycles. The lowest BCUT2D eigenvalue weighted by atomic mass is 10.1. The van der Waals surface area contributed by atoms with Gasteiger partial charge in [-0.05, 0) is 17.7 Å². The van der Waals surface area contributed by atoms with Crippen LogP contribution >= 0.6 is 0 Å². The van der Waals surface area contributed by atoms with E-state index in [4.69, 9.17) is 5.11 Å². The van der Waals surface area contributed by atoms with Crippen molar-refractivity contribution < 1.29 is 32.3 Å². The van der Waals surface area contributed by atoms with Gasteiger partial charge < -0.3 is 5.11 Å². The first kappa shape index (κ1) is 13.3. The number of aliphatic carboxylic acids is 1. The van der Waals surface area contributed by atoms with Crippen molar-refractivity contribution in [3.8, 4) is 0 Å². The highest BCUT2D eigenvalue weighted by molar-refractivity contribution is 6.04. The molecule has 2 rings (SSSR count). The van der Waals surface area contributed by atoms with Crippen molar-refractivity contribution in [2.45, 2.75) is 18.6 Å². The van der Waals surface area contributed by atoms with E-state index in [0.29, 0.717) is 0 Å². The first-order valence-corrected chi connectivity index (χ1v) is 5.13. The zero-order valence-electron chi connectivity index (χ0n) is 9.24. The van der Waals surface area contributed by atoms with E-state index in [1.54, 1.807) is 0 Å². The lowest BCUT2D eigenvalue weighted by molar-refractivity contribution is -0.171. The molecule has 102 valence electrons. The molecule has 1 unspecified atom stereocenters. The first-order valence-electron chi connectivity index (χ1n) is 5.13. The molecule has 1 aromatic rings. The lowest BCUT2D eigenvalue weighted by Crippen LogP contribution is -2.48. The number of benzene rings is 1. The van der Waals surface area contributed by atoms with E-state index in [2.05, 4.69) is 0 Å². The molecule has 4 nitrogen and oxygen atoms in total. The van der Waals surface area contributed by atoms with Crippen LogP contribution in [-0.2, 0) is 16.0 Å². The first-order chi connectivity index (χ1) is 8.71. The molecule has 0 radical (unpaired) electrons. The molecule has 0 aromatic heterocycles. The average molecular weight is 277 g/mol. The quantitative estimate of drug-likeness (QED) is 0.795. The highest BCUT2D eigenvalue weighted by Gasteiger charge is 2.50. The molecule has 0 spiro atoms. The number of rotatable bonds is 1. The second kappa shape index (κ2) is 4.22. The van der Waals surface area contributed by atoms with Crippen LogP contribution < -0.4 is 4.90 Å². The van der Waals surface area contributed by atoms with Gasteiger partial charge in [-0.25, -0.2) is 9.18 Å². The minimum atomic E-state index is -5.22. The van der Waals surface area contributed by atoms with Gasteiger partial charge in [-0.2, -0.15) is 13.2 Å². The summed E-state index contributed by atoms with van der Waals surface area (Å²) in [5.74, 6) is -4.73. The summed E-state index contributed by atoms with van der Waals surface area (Å²) in [5.41, 5.74) is -0.166. The molecule has 0 bridgehead atoms. The summed E-state index contributed by atoms with van der Waals surface area (Å²) >= 11 is 0. The normalized spacial score (nSPS) is 18.3. The van der Waals surface area contributed by atoms with Gasteiger partial charge in [0.2, 0.25) is 0 Å². The standard InChI is InChI=1S/C11H7F4NO3/c12-6-2-1-5-3-8(9(17)18)16(7(5)4-6)10(19)11(13,14)15/h1-2,4,8H,3H2,(H,17,18). The maximum absolute atomic E-state index is 13.1. The minimum absolute atomic E-state index is 0.0841. The SMILES string of the molecule is O=C(O)C1Cc2ccc(F)cc2N1C(=O)C(F)(F)F. The Hall–Kier alpha value is -2.12. The van der Waals surface area contributed by atoms with Crippen LogP contribution in [-0.4, -0.2) is 29.2 Å². The third-order valence-electron chi connectivity index (χ3n) is 2.78. The third kappa shape index (κ3) is 2.25. The van der Waals surface area contributed by atoms with Crippen LogP contribution in [0.15, 0.2) is 18.2 Å². The second-order valence-electron chi connectivity index (χ2n) is 4.00. The highest BCUT2D eigenvalue weighted by atomic mass is 19.4. The Balaban J connectivity index is 2.51. The number of hydrogen-bond donors (Lipinski definition) is 1. The average Bonchev–Trinajstić information content (AvgIpc) is 2.65. The molecule has 1 aromatic carbocycles. The van der Waals surface area contributed by atoms with Gasteiger partial charge in [-0.3, -0.25) is 9.69 Å². The fourth-order valence-corrected chi connectivity index (χ4v) is 1.99. The van der Waals surface area contributed by atoms with Crippen molar-refractivity contribution >= 4 is 17.6 Å². The van der Waals surface area contributed by atoms with Crippen LogP contribution in [0.5, 0.6) is 0 Å². The number of fused-ring (bicyclic) bond motifs is 1. The van der Waals surface area contributed by atoms with Crippen molar-refractivity contribution in [3.63, 3.8) is 0 Å². The largest absolute Gasteiger partial charge is 0.480 e. The maximum atomic E-state index is 13.1. The number of alkyl halides is 3. The van der Waals surface area contributed by atoms with Crippen LogP contribution in [0.1, 0.15) is 5.56 Å². The Morgan fingerprint density at radius 2 is 1.95 bits per heavy atom. The van der Waals surface area contributed by atoms with Gasteiger partial charge in [0.15, 0.2) is 0 Å². The summed E-state index contributed by atoms with van der Waals surface area (Å²) < 4.78 is 50.4. The number of anilines is 1. The van der Waals surface area contributed by atoms with Crippen molar-refractivity contribution in [2.75, 3.05) is 4.90 Å². The smallest absolute Gasteiger partial charge is 0.471 e. The van der Waals surface area contributed by atoms with Crippen molar-refractivity contribution in [1.82, 2.24) is 0 Å². The molecule has 19 heavy (non-hydrogen) atoms. The number of carboxylic acid groups (broad SMARTS) is 1. The predicted octanol–water partition coefficient (Wildman–Crippen LogP) is 1.73. The van der Waals surface area contributed by atoms with Gasteiger partial charge in [0.25, 0.3) is 0 Å². The Bertz CT molecular complexity index is 555. The van der Waals surface area contributed by atoms with E-state index in [1.807, 2.05) is 0 Å². The van der Waals surface area contributed by atoms with E-state index in [1.165, 1.54) is 6.07 Å². The molecule has 1 atom stereocenters. The summed E-state index contributed by atoms with van der Waals surface area (Å²) in [6.07, 6.45) is -5.51. The van der Waals surface area contributed by atoms with Crippen molar-refractivity contribution in [1.29, 1.82) is 0 Å². The van der Waals surface area contributed by atoms with Crippen LogP contribution in [0.4, 0.5) is 23.2 Å². The van der Waals surface area contributed by atoms with Crippen molar-refractivity contribution in [2.24, 2.45) is 0 Å². The molecule has 0 aliphatic carbocycles. The number of hydrogen-bond acceptors (Lipinski definition) is 2. The summed E-state index contributed by atoms with van der Waals surface area (Å²) in [4.78, 5) is 22.3. The molecule has 0 fully saturated rings. The molecule has 8 heteroatoms. The number of carboxylic acids is 1. The molecule has 1 N–H and O–H groups in total. The highest BCUT2D eigenvalue weighted by Crippen LogP contribution is 2.36. The number of amides is 1. The Labute approximate surface area is 104 Å². The second-order valence-corrected chi connectivity index (χ2v) is 4.00. The van der Waals surface area contributed by atoms with E-state index in [9.17, 15) is 27.2 Å². The molecule has 1 aliphatic rings. The van der Waals surface area contributed by atoms with Crippen LogP contribution in [0, 0.1) is 5.82 Å². The van der Waals surface area contributed by atoms with Crippen LogP contribution in [0.2, 0.25) is 0 Å². The van der Waals surface area contributed by atoms with Crippen LogP contribution in [0.3, 0.4) is 0 Å². The molecule has 0 saturated carbocycles. The predicted molar refractivity (Wildman–Crippen MR) is 55.1 cm³/mol.